The molecule has 12 atom stereocenters. The molecular weight excluding hydrogens is 981 g/mol. The van der Waals surface area contributed by atoms with E-state index in [-0.39, 0.29) is 18.8 Å². The number of benzene rings is 7. The predicted molar refractivity (Wildman–Crippen MR) is 298 cm³/mol. The second-order valence-electron chi connectivity index (χ2n) is 20.1. The average molecular weight is 1050 g/mol. The molecule has 11 heteroatoms. The molecule has 0 aromatic heterocycles. The van der Waals surface area contributed by atoms with Crippen LogP contribution in [0.2, 0.25) is 0 Å². The lowest BCUT2D eigenvalue weighted by Crippen LogP contribution is -2.61. The standard InChI is InChI=1S/C67H72O11/c1-68-67-66(75-47-55-35-21-8-22-36-55)65(74-46-54-33-19-7-20-34-54)62(71-43-51-27-13-4-14-28-51)59(78-67)40-57-38-37-56(76-57)39-58-61(70-42-50-25-11-3-12-26-50)64(73-45-53-31-17-6-18-32-53)63(72-44-52-29-15-5-16-30-52)60(77-58)48-69-41-49-23-9-2-10-24-49/h2-38,56-67H,39-48H2,1H3/t56-,57-,58-,59-,60-,61+,62-,63-,64-,65+,66-,67+/m1/s1. The number of methoxy groups -OCH3 is 1. The van der Waals surface area contributed by atoms with Crippen molar-refractivity contribution >= 4 is 0 Å². The van der Waals surface area contributed by atoms with Crippen LogP contribution in [0.4, 0.5) is 0 Å². The summed E-state index contributed by atoms with van der Waals surface area (Å²) in [5.74, 6) is 0. The molecule has 0 amide bonds. The summed E-state index contributed by atoms with van der Waals surface area (Å²) in [4.78, 5) is 0. The molecule has 3 heterocycles. The lowest BCUT2D eigenvalue weighted by molar-refractivity contribution is -0.320. The highest BCUT2D eigenvalue weighted by molar-refractivity contribution is 5.20. The van der Waals surface area contributed by atoms with E-state index in [0.717, 1.165) is 38.9 Å². The van der Waals surface area contributed by atoms with Crippen molar-refractivity contribution in [1.82, 2.24) is 0 Å². The minimum absolute atomic E-state index is 0.263. The van der Waals surface area contributed by atoms with Crippen LogP contribution < -0.4 is 0 Å². The van der Waals surface area contributed by atoms with Gasteiger partial charge in [0.1, 0.15) is 42.7 Å². The van der Waals surface area contributed by atoms with Crippen LogP contribution in [0.15, 0.2) is 224 Å². The average Bonchev–Trinajstić information content (AvgIpc) is 4.03. The molecule has 11 nitrogen and oxygen atoms in total. The van der Waals surface area contributed by atoms with Crippen LogP contribution in [0, 0.1) is 0 Å². The fourth-order valence-corrected chi connectivity index (χ4v) is 10.5. The van der Waals surface area contributed by atoms with Crippen LogP contribution in [0.5, 0.6) is 0 Å². The SMILES string of the molecule is CO[C@H]1O[C@H](C[C@H]2C=C[C@H](C[C@H]3O[C@H](COCc4ccccc4)[C@@H](OCc4ccccc4)[C@H](OCc4ccccc4)[C@H]3OCc3ccccc3)O2)[C@@H](OCc2ccccc2)[C@H](OCc2ccccc2)[C@H]1OCc1ccccc1. The molecule has 0 saturated carbocycles. The van der Waals surface area contributed by atoms with E-state index in [1.165, 1.54) is 0 Å². The minimum Gasteiger partial charge on any atom is -0.374 e. The summed E-state index contributed by atoms with van der Waals surface area (Å²) in [5, 5.41) is 0. The van der Waals surface area contributed by atoms with Gasteiger partial charge < -0.3 is 52.1 Å². The zero-order valence-corrected chi connectivity index (χ0v) is 44.4. The van der Waals surface area contributed by atoms with E-state index in [1.54, 1.807) is 7.11 Å². The molecule has 0 unspecified atom stereocenters. The molecule has 0 aliphatic carbocycles. The van der Waals surface area contributed by atoms with Crippen molar-refractivity contribution in [2.75, 3.05) is 13.7 Å². The Kier molecular flexibility index (Phi) is 20.6. The van der Waals surface area contributed by atoms with E-state index in [1.807, 2.05) is 140 Å². The summed E-state index contributed by atoms with van der Waals surface area (Å²) in [5.41, 5.74) is 7.28. The van der Waals surface area contributed by atoms with Crippen LogP contribution >= 0.6 is 0 Å². The number of hydrogen-bond acceptors (Lipinski definition) is 11. The smallest absolute Gasteiger partial charge is 0.186 e. The highest BCUT2D eigenvalue weighted by atomic mass is 16.7. The van der Waals surface area contributed by atoms with Gasteiger partial charge >= 0.3 is 0 Å². The van der Waals surface area contributed by atoms with Gasteiger partial charge in [-0.3, -0.25) is 0 Å². The fourth-order valence-electron chi connectivity index (χ4n) is 10.5. The number of rotatable bonds is 27. The predicted octanol–water partition coefficient (Wildman–Crippen LogP) is 12.0. The first-order chi connectivity index (χ1) is 38.6. The lowest BCUT2D eigenvalue weighted by atomic mass is 9.91. The normalized spacial score (nSPS) is 26.0. The van der Waals surface area contributed by atoms with E-state index in [4.69, 9.17) is 52.1 Å². The second kappa shape index (κ2) is 29.2. The topological polar surface area (TPSA) is 102 Å². The van der Waals surface area contributed by atoms with E-state index in [9.17, 15) is 0 Å². The van der Waals surface area contributed by atoms with Gasteiger partial charge in [0.05, 0.1) is 77.3 Å². The third-order valence-corrected chi connectivity index (χ3v) is 14.5. The minimum atomic E-state index is -0.763. The summed E-state index contributed by atoms with van der Waals surface area (Å²) in [6.07, 6.45) is -1.24. The Morgan fingerprint density at radius 2 is 0.577 bits per heavy atom. The van der Waals surface area contributed by atoms with Crippen LogP contribution in [-0.4, -0.2) is 87.2 Å². The second-order valence-corrected chi connectivity index (χ2v) is 20.1. The van der Waals surface area contributed by atoms with Gasteiger partial charge in [-0.1, -0.05) is 224 Å². The molecule has 0 bridgehead atoms. The van der Waals surface area contributed by atoms with E-state index in [0.29, 0.717) is 59.1 Å². The Bertz CT molecular complexity index is 2780. The quantitative estimate of drug-likeness (QED) is 0.0460. The molecular formula is C67H72O11. The van der Waals surface area contributed by atoms with E-state index < -0.39 is 61.2 Å². The largest absolute Gasteiger partial charge is 0.374 e. The van der Waals surface area contributed by atoms with Gasteiger partial charge in [-0.25, -0.2) is 0 Å². The Labute approximate surface area is 459 Å². The summed E-state index contributed by atoms with van der Waals surface area (Å²) in [6, 6.07) is 71.2. The first-order valence-corrected chi connectivity index (χ1v) is 27.3. The summed E-state index contributed by atoms with van der Waals surface area (Å²) in [6.45, 7) is 2.73. The summed E-state index contributed by atoms with van der Waals surface area (Å²) in [7, 11) is 1.65. The molecule has 0 N–H and O–H groups in total. The number of hydrogen-bond donors (Lipinski definition) is 0. The van der Waals surface area contributed by atoms with Gasteiger partial charge in [0, 0.05) is 20.0 Å². The molecule has 7 aromatic carbocycles. The zero-order valence-electron chi connectivity index (χ0n) is 44.4. The Balaban J connectivity index is 0.913. The lowest BCUT2D eigenvalue weighted by Gasteiger charge is -2.47. The maximum Gasteiger partial charge on any atom is 0.186 e. The van der Waals surface area contributed by atoms with E-state index >= 15 is 0 Å². The molecule has 2 saturated heterocycles. The fraction of sp³-hybridized carbons (Fsp3) is 0.343. The maximum absolute atomic E-state index is 7.26. The Hall–Kier alpha value is -6.16. The summed E-state index contributed by atoms with van der Waals surface area (Å²) >= 11 is 0. The molecule has 78 heavy (non-hydrogen) atoms. The van der Waals surface area contributed by atoms with Crippen molar-refractivity contribution in [1.29, 1.82) is 0 Å². The van der Waals surface area contributed by atoms with Gasteiger partial charge in [-0.15, -0.1) is 0 Å². The maximum atomic E-state index is 7.26. The molecule has 0 radical (unpaired) electrons. The highest BCUT2D eigenvalue weighted by Gasteiger charge is 2.51. The Morgan fingerprint density at radius 3 is 0.923 bits per heavy atom. The third kappa shape index (κ3) is 15.8. The first kappa shape index (κ1) is 55.2. The van der Waals surface area contributed by atoms with Crippen molar-refractivity contribution in [3.63, 3.8) is 0 Å². The van der Waals surface area contributed by atoms with Crippen molar-refractivity contribution in [2.24, 2.45) is 0 Å². The third-order valence-electron chi connectivity index (χ3n) is 14.5. The van der Waals surface area contributed by atoms with Crippen LogP contribution in [-0.2, 0) is 98.4 Å². The Morgan fingerprint density at radius 1 is 0.295 bits per heavy atom. The van der Waals surface area contributed by atoms with E-state index in [2.05, 4.69) is 84.9 Å². The van der Waals surface area contributed by atoms with Crippen LogP contribution in [0.1, 0.15) is 51.8 Å². The summed E-state index contributed by atoms with van der Waals surface area (Å²) < 4.78 is 75.5. The first-order valence-electron chi connectivity index (χ1n) is 27.3. The molecule has 3 aliphatic heterocycles. The molecule has 10 rings (SSSR count). The molecule has 7 aromatic rings. The van der Waals surface area contributed by atoms with Crippen LogP contribution in [0.3, 0.4) is 0 Å². The molecule has 2 fully saturated rings. The molecule has 3 aliphatic rings. The van der Waals surface area contributed by atoms with Crippen molar-refractivity contribution in [2.45, 2.75) is 133 Å². The van der Waals surface area contributed by atoms with Gasteiger partial charge in [0.25, 0.3) is 0 Å². The van der Waals surface area contributed by atoms with Crippen LogP contribution in [0.25, 0.3) is 0 Å². The van der Waals surface area contributed by atoms with Gasteiger partial charge in [0.15, 0.2) is 6.29 Å². The zero-order chi connectivity index (χ0) is 53.0. The molecule has 406 valence electrons. The molecule has 0 spiro atoms. The van der Waals surface area contributed by atoms with Crippen molar-refractivity contribution < 1.29 is 52.1 Å². The number of ether oxygens (including phenoxy) is 11. The van der Waals surface area contributed by atoms with Gasteiger partial charge in [-0.2, -0.15) is 0 Å². The van der Waals surface area contributed by atoms with Gasteiger partial charge in [0.2, 0.25) is 0 Å². The highest BCUT2D eigenvalue weighted by Crippen LogP contribution is 2.37. The van der Waals surface area contributed by atoms with Crippen molar-refractivity contribution in [3.8, 4) is 0 Å². The van der Waals surface area contributed by atoms with Gasteiger partial charge in [-0.05, 0) is 38.9 Å². The van der Waals surface area contributed by atoms with Crippen molar-refractivity contribution in [3.05, 3.63) is 263 Å². The monoisotopic (exact) mass is 1050 g/mol.